The fourth-order valence-electron chi connectivity index (χ4n) is 3.57. The molecule has 1 unspecified atom stereocenters. The second kappa shape index (κ2) is 6.25. The van der Waals surface area contributed by atoms with E-state index in [1.807, 2.05) is 0 Å². The first kappa shape index (κ1) is 14.1. The molecule has 0 aromatic heterocycles. The molecule has 3 heteroatoms. The Hall–Kier alpha value is -0.900. The van der Waals surface area contributed by atoms with Crippen LogP contribution in [0.5, 0.6) is 0 Å². The second-order valence-corrected chi connectivity index (χ2v) is 6.21. The molecular weight excluding hydrogens is 250 g/mol. The smallest absolute Gasteiger partial charge is 0.0697 e. The Balaban J connectivity index is 1.66. The van der Waals surface area contributed by atoms with Crippen LogP contribution < -0.4 is 0 Å². The van der Waals surface area contributed by atoms with E-state index < -0.39 is 0 Å². The van der Waals surface area contributed by atoms with Gasteiger partial charge in [-0.25, -0.2) is 0 Å². The average Bonchev–Trinajstić information content (AvgIpc) is 2.46. The summed E-state index contributed by atoms with van der Waals surface area (Å²) >= 11 is 0. The topological polar surface area (TPSA) is 32.7 Å². The molecule has 1 saturated carbocycles. The summed E-state index contributed by atoms with van der Waals surface area (Å²) in [6.07, 6.45) is 5.99. The number of aliphatic hydroxyl groups excluding tert-OH is 1. The maximum atomic E-state index is 9.37. The van der Waals surface area contributed by atoms with Crippen LogP contribution in [0.3, 0.4) is 0 Å². The number of nitrogens with zero attached hydrogens (tertiary/aromatic N) is 1. The largest absolute Gasteiger partial charge is 0.395 e. The Morgan fingerprint density at radius 3 is 2.70 bits per heavy atom. The van der Waals surface area contributed by atoms with E-state index in [0.717, 1.165) is 32.5 Å². The Morgan fingerprint density at radius 2 is 2.05 bits per heavy atom. The number of aliphatic hydroxyl groups is 1. The van der Waals surface area contributed by atoms with E-state index in [-0.39, 0.29) is 12.2 Å². The minimum absolute atomic E-state index is 0.174. The summed E-state index contributed by atoms with van der Waals surface area (Å²) < 4.78 is 6.02. The third-order valence-electron chi connectivity index (χ3n) is 4.86. The summed E-state index contributed by atoms with van der Waals surface area (Å²) in [4.78, 5) is 2.44. The van der Waals surface area contributed by atoms with Gasteiger partial charge < -0.3 is 9.84 Å². The number of benzene rings is 1. The van der Waals surface area contributed by atoms with E-state index >= 15 is 0 Å². The van der Waals surface area contributed by atoms with Crippen LogP contribution in [0, 0.1) is 0 Å². The van der Waals surface area contributed by atoms with E-state index in [9.17, 15) is 5.11 Å². The zero-order valence-electron chi connectivity index (χ0n) is 12.1. The van der Waals surface area contributed by atoms with Crippen molar-refractivity contribution in [1.29, 1.82) is 0 Å². The van der Waals surface area contributed by atoms with Crippen molar-refractivity contribution in [1.82, 2.24) is 4.90 Å². The van der Waals surface area contributed by atoms with Crippen LogP contribution in [0.15, 0.2) is 30.3 Å². The molecule has 1 N–H and O–H groups in total. The van der Waals surface area contributed by atoms with E-state index in [0.29, 0.717) is 6.04 Å². The molecule has 3 rings (SSSR count). The molecule has 3 nitrogen and oxygen atoms in total. The van der Waals surface area contributed by atoms with Crippen molar-refractivity contribution in [2.24, 2.45) is 0 Å². The van der Waals surface area contributed by atoms with Crippen LogP contribution >= 0.6 is 0 Å². The highest BCUT2D eigenvalue weighted by atomic mass is 16.5. The lowest BCUT2D eigenvalue weighted by molar-refractivity contribution is -0.150. The van der Waals surface area contributed by atoms with Gasteiger partial charge in [0.1, 0.15) is 0 Å². The number of hydrogen-bond acceptors (Lipinski definition) is 3. The van der Waals surface area contributed by atoms with Gasteiger partial charge in [-0.15, -0.1) is 0 Å². The molecule has 1 aliphatic carbocycles. The van der Waals surface area contributed by atoms with Crippen molar-refractivity contribution < 1.29 is 9.84 Å². The van der Waals surface area contributed by atoms with E-state index in [2.05, 4.69) is 35.2 Å². The maximum Gasteiger partial charge on any atom is 0.0697 e. The van der Waals surface area contributed by atoms with Crippen molar-refractivity contribution in [3.05, 3.63) is 35.9 Å². The van der Waals surface area contributed by atoms with Crippen molar-refractivity contribution in [2.45, 2.75) is 50.3 Å². The van der Waals surface area contributed by atoms with Crippen LogP contribution in [0.1, 0.15) is 37.7 Å². The predicted octanol–water partition coefficient (Wildman–Crippen LogP) is 2.58. The lowest BCUT2D eigenvalue weighted by Gasteiger charge is -2.49. The molecule has 1 atom stereocenters. The summed E-state index contributed by atoms with van der Waals surface area (Å²) in [5.74, 6) is 0. The van der Waals surface area contributed by atoms with E-state index in [1.165, 1.54) is 24.8 Å². The monoisotopic (exact) mass is 275 g/mol. The molecule has 1 saturated heterocycles. The first-order valence-electron chi connectivity index (χ1n) is 7.84. The van der Waals surface area contributed by atoms with Gasteiger partial charge in [-0.1, -0.05) is 30.3 Å². The highest BCUT2D eigenvalue weighted by Crippen LogP contribution is 2.43. The SMILES string of the molecule is OCCN(Cc1ccccc1)C1CCOC2(CCC2)C1. The molecule has 1 aromatic carbocycles. The van der Waals surface area contributed by atoms with Gasteiger partial charge >= 0.3 is 0 Å². The van der Waals surface area contributed by atoms with Crippen LogP contribution in [-0.2, 0) is 11.3 Å². The highest BCUT2D eigenvalue weighted by Gasteiger charge is 2.43. The Labute approximate surface area is 121 Å². The van der Waals surface area contributed by atoms with E-state index in [4.69, 9.17) is 4.74 Å². The normalized spacial score (nSPS) is 24.8. The number of ether oxygens (including phenoxy) is 1. The van der Waals surface area contributed by atoms with Crippen LogP contribution in [0.25, 0.3) is 0 Å². The van der Waals surface area contributed by atoms with Crippen LogP contribution in [0.2, 0.25) is 0 Å². The van der Waals surface area contributed by atoms with Gasteiger partial charge in [-0.3, -0.25) is 4.90 Å². The zero-order chi connectivity index (χ0) is 13.8. The molecule has 110 valence electrons. The van der Waals surface area contributed by atoms with Gasteiger partial charge in [0.15, 0.2) is 0 Å². The third-order valence-corrected chi connectivity index (χ3v) is 4.86. The summed E-state index contributed by atoms with van der Waals surface area (Å²) in [5.41, 5.74) is 1.50. The van der Waals surface area contributed by atoms with Crippen molar-refractivity contribution in [3.63, 3.8) is 0 Å². The van der Waals surface area contributed by atoms with Crippen LogP contribution in [-0.4, -0.2) is 41.4 Å². The standard InChI is InChI=1S/C17H25NO2/c19-11-10-18(14-15-5-2-1-3-6-15)16-7-12-20-17(13-16)8-4-9-17/h1-3,5-6,16,19H,4,7-14H2. The molecule has 1 aliphatic heterocycles. The Morgan fingerprint density at radius 1 is 1.25 bits per heavy atom. The van der Waals surface area contributed by atoms with Gasteiger partial charge in [0.2, 0.25) is 0 Å². The molecule has 0 bridgehead atoms. The molecule has 0 amide bonds. The summed E-state index contributed by atoms with van der Waals surface area (Å²) in [7, 11) is 0. The first-order chi connectivity index (χ1) is 9.81. The molecule has 2 aliphatic rings. The van der Waals surface area contributed by atoms with Gasteiger partial charge in [0.25, 0.3) is 0 Å². The quantitative estimate of drug-likeness (QED) is 0.896. The fraction of sp³-hybridized carbons (Fsp3) is 0.647. The minimum atomic E-state index is 0.174. The maximum absolute atomic E-state index is 9.37. The van der Waals surface area contributed by atoms with Crippen molar-refractivity contribution >= 4 is 0 Å². The molecular formula is C17H25NO2. The van der Waals surface area contributed by atoms with Gasteiger partial charge in [-0.05, 0) is 37.7 Å². The van der Waals surface area contributed by atoms with Crippen molar-refractivity contribution in [2.75, 3.05) is 19.8 Å². The van der Waals surface area contributed by atoms with Crippen LogP contribution in [0.4, 0.5) is 0 Å². The number of hydrogen-bond donors (Lipinski definition) is 1. The number of rotatable bonds is 5. The Kier molecular flexibility index (Phi) is 4.39. The summed E-state index contributed by atoms with van der Waals surface area (Å²) in [6, 6.07) is 11.1. The van der Waals surface area contributed by atoms with Gasteiger partial charge in [0.05, 0.1) is 12.2 Å². The lowest BCUT2D eigenvalue weighted by atomic mass is 9.73. The highest BCUT2D eigenvalue weighted by molar-refractivity contribution is 5.14. The molecule has 1 spiro atoms. The fourth-order valence-corrected chi connectivity index (χ4v) is 3.57. The molecule has 1 aromatic rings. The Bertz CT molecular complexity index is 416. The van der Waals surface area contributed by atoms with Gasteiger partial charge in [-0.2, -0.15) is 0 Å². The van der Waals surface area contributed by atoms with Crippen molar-refractivity contribution in [3.8, 4) is 0 Å². The summed E-state index contributed by atoms with van der Waals surface area (Å²) in [5, 5.41) is 9.37. The molecule has 0 radical (unpaired) electrons. The molecule has 1 heterocycles. The second-order valence-electron chi connectivity index (χ2n) is 6.21. The molecule has 2 fully saturated rings. The minimum Gasteiger partial charge on any atom is -0.395 e. The predicted molar refractivity (Wildman–Crippen MR) is 79.5 cm³/mol. The van der Waals surface area contributed by atoms with Gasteiger partial charge in [0, 0.05) is 25.7 Å². The average molecular weight is 275 g/mol. The molecule has 20 heavy (non-hydrogen) atoms. The lowest BCUT2D eigenvalue weighted by Crippen LogP contribution is -2.52. The zero-order valence-corrected chi connectivity index (χ0v) is 12.1. The first-order valence-corrected chi connectivity index (χ1v) is 7.84. The summed E-state index contributed by atoms with van der Waals surface area (Å²) in [6.45, 7) is 2.80. The van der Waals surface area contributed by atoms with E-state index in [1.54, 1.807) is 0 Å². The third kappa shape index (κ3) is 3.05.